The Bertz CT molecular complexity index is 826. The van der Waals surface area contributed by atoms with Gasteiger partial charge in [0.1, 0.15) is 10.7 Å². The number of hydrogen-bond acceptors (Lipinski definition) is 5. The van der Waals surface area contributed by atoms with Crippen molar-refractivity contribution in [1.29, 1.82) is 0 Å². The number of rotatable bonds is 2. The molecular formula is C12H11N5OS. The molecule has 1 aliphatic carbocycles. The second-order valence-electron chi connectivity index (χ2n) is 4.81. The summed E-state index contributed by atoms with van der Waals surface area (Å²) in [5, 5.41) is 7.69. The minimum absolute atomic E-state index is 0.137. The highest BCUT2D eigenvalue weighted by molar-refractivity contribution is 7.18. The van der Waals surface area contributed by atoms with Crippen molar-refractivity contribution in [3.05, 3.63) is 27.1 Å². The van der Waals surface area contributed by atoms with Gasteiger partial charge in [-0.05, 0) is 25.8 Å². The van der Waals surface area contributed by atoms with E-state index in [2.05, 4.69) is 25.1 Å². The Morgan fingerprint density at radius 2 is 2.21 bits per heavy atom. The summed E-state index contributed by atoms with van der Waals surface area (Å²) in [6, 6.07) is 1.85. The molecule has 96 valence electrons. The van der Waals surface area contributed by atoms with Crippen LogP contribution >= 0.6 is 11.3 Å². The van der Waals surface area contributed by atoms with Crippen LogP contribution in [-0.2, 0) is 0 Å². The predicted molar refractivity (Wildman–Crippen MR) is 72.3 cm³/mol. The largest absolute Gasteiger partial charge is 0.303 e. The maximum absolute atomic E-state index is 12.0. The van der Waals surface area contributed by atoms with Crippen LogP contribution in [0, 0.1) is 6.92 Å². The Kier molecular flexibility index (Phi) is 2.14. The average molecular weight is 273 g/mol. The lowest BCUT2D eigenvalue weighted by Gasteiger charge is -1.94. The molecule has 4 rings (SSSR count). The van der Waals surface area contributed by atoms with Gasteiger partial charge in [0.25, 0.3) is 5.56 Å². The quantitative estimate of drug-likeness (QED) is 0.747. The van der Waals surface area contributed by atoms with Gasteiger partial charge in [-0.2, -0.15) is 5.10 Å². The monoisotopic (exact) mass is 273 g/mol. The van der Waals surface area contributed by atoms with Crippen LogP contribution < -0.4 is 5.56 Å². The number of nitrogens with one attached hydrogen (secondary N) is 2. The fraction of sp³-hybridized carbons (Fsp3) is 0.333. The van der Waals surface area contributed by atoms with E-state index in [1.54, 1.807) is 0 Å². The summed E-state index contributed by atoms with van der Waals surface area (Å²) in [5.41, 5.74) is -0.137. The molecule has 0 unspecified atom stereocenters. The smallest absolute Gasteiger partial charge is 0.260 e. The third kappa shape index (κ3) is 1.77. The fourth-order valence-corrected chi connectivity index (χ4v) is 2.96. The maximum Gasteiger partial charge on any atom is 0.260 e. The molecule has 7 heteroatoms. The standard InChI is InChI=1S/C12H11N5OS/c1-5-4-7-11(18)14-9(15-12(7)19-5)10-13-8(16-17-10)6-2-3-6/h4,6H,2-3H2,1H3,(H,13,16,17)(H,14,15,18). The number of fused-ring (bicyclic) bond motifs is 1. The second kappa shape index (κ2) is 3.74. The van der Waals surface area contributed by atoms with Crippen LogP contribution in [0.25, 0.3) is 21.9 Å². The zero-order valence-corrected chi connectivity index (χ0v) is 11.0. The van der Waals surface area contributed by atoms with Gasteiger partial charge in [-0.15, -0.1) is 11.3 Å². The number of thiophene rings is 1. The SMILES string of the molecule is Cc1cc2c(=O)[nH]c(-c3n[nH]c(C4CC4)n3)nc2s1. The number of aromatic nitrogens is 5. The van der Waals surface area contributed by atoms with Crippen molar-refractivity contribution in [2.45, 2.75) is 25.7 Å². The average Bonchev–Trinajstić information content (AvgIpc) is 2.98. The predicted octanol–water partition coefficient (Wildman–Crippen LogP) is 1.96. The minimum atomic E-state index is -0.137. The van der Waals surface area contributed by atoms with Crippen LogP contribution in [0.5, 0.6) is 0 Å². The molecule has 19 heavy (non-hydrogen) atoms. The molecule has 3 aromatic rings. The summed E-state index contributed by atoms with van der Waals surface area (Å²) >= 11 is 1.50. The third-order valence-corrected chi connectivity index (χ3v) is 4.15. The Hall–Kier alpha value is -2.02. The summed E-state index contributed by atoms with van der Waals surface area (Å²) in [6.45, 7) is 1.96. The van der Waals surface area contributed by atoms with Crippen molar-refractivity contribution in [3.63, 3.8) is 0 Å². The molecule has 0 saturated heterocycles. The van der Waals surface area contributed by atoms with Gasteiger partial charge in [-0.1, -0.05) is 0 Å². The van der Waals surface area contributed by atoms with Gasteiger partial charge in [0, 0.05) is 10.8 Å². The molecule has 0 spiro atoms. The number of aromatic amines is 2. The molecule has 0 amide bonds. The van der Waals surface area contributed by atoms with Gasteiger partial charge in [0.15, 0.2) is 5.82 Å². The minimum Gasteiger partial charge on any atom is -0.303 e. The van der Waals surface area contributed by atoms with Crippen molar-refractivity contribution in [2.24, 2.45) is 0 Å². The second-order valence-corrected chi connectivity index (χ2v) is 6.04. The first-order chi connectivity index (χ1) is 9.20. The molecule has 1 aliphatic rings. The highest BCUT2D eigenvalue weighted by Crippen LogP contribution is 2.38. The lowest BCUT2D eigenvalue weighted by Crippen LogP contribution is -2.08. The molecule has 0 atom stereocenters. The molecule has 2 N–H and O–H groups in total. The van der Waals surface area contributed by atoms with Crippen molar-refractivity contribution in [2.75, 3.05) is 0 Å². The van der Waals surface area contributed by atoms with E-state index in [1.165, 1.54) is 11.3 Å². The summed E-state index contributed by atoms with van der Waals surface area (Å²) in [6.07, 6.45) is 2.31. The Morgan fingerprint density at radius 3 is 3.00 bits per heavy atom. The van der Waals surface area contributed by atoms with Gasteiger partial charge >= 0.3 is 0 Å². The normalized spacial score (nSPS) is 15.2. The van der Waals surface area contributed by atoms with Crippen LogP contribution in [0.3, 0.4) is 0 Å². The lowest BCUT2D eigenvalue weighted by molar-refractivity contribution is 0.934. The molecule has 3 heterocycles. The van der Waals surface area contributed by atoms with E-state index >= 15 is 0 Å². The summed E-state index contributed by atoms with van der Waals surface area (Å²) in [5.74, 6) is 2.29. The highest BCUT2D eigenvalue weighted by atomic mass is 32.1. The highest BCUT2D eigenvalue weighted by Gasteiger charge is 2.27. The zero-order chi connectivity index (χ0) is 13.0. The van der Waals surface area contributed by atoms with Crippen LogP contribution in [0.4, 0.5) is 0 Å². The molecule has 1 saturated carbocycles. The Balaban J connectivity index is 1.86. The van der Waals surface area contributed by atoms with Crippen molar-refractivity contribution in [1.82, 2.24) is 25.1 Å². The summed E-state index contributed by atoms with van der Waals surface area (Å²) < 4.78 is 0. The van der Waals surface area contributed by atoms with Crippen LogP contribution in [0.2, 0.25) is 0 Å². The molecule has 0 aromatic carbocycles. The number of H-pyrrole nitrogens is 2. The summed E-state index contributed by atoms with van der Waals surface area (Å²) in [4.78, 5) is 25.4. The Labute approximate surface area is 111 Å². The maximum atomic E-state index is 12.0. The Morgan fingerprint density at radius 1 is 1.37 bits per heavy atom. The van der Waals surface area contributed by atoms with E-state index in [4.69, 9.17) is 0 Å². The van der Waals surface area contributed by atoms with E-state index in [1.807, 2.05) is 13.0 Å². The first-order valence-electron chi connectivity index (χ1n) is 6.14. The third-order valence-electron chi connectivity index (χ3n) is 3.20. The molecular weight excluding hydrogens is 262 g/mol. The van der Waals surface area contributed by atoms with Crippen molar-refractivity contribution in [3.8, 4) is 11.6 Å². The molecule has 0 bridgehead atoms. The first-order valence-corrected chi connectivity index (χ1v) is 6.95. The first kappa shape index (κ1) is 10.9. The van der Waals surface area contributed by atoms with Gasteiger partial charge in [0.05, 0.1) is 5.39 Å². The lowest BCUT2D eigenvalue weighted by atomic mass is 10.3. The summed E-state index contributed by atoms with van der Waals surface area (Å²) in [7, 11) is 0. The van der Waals surface area contributed by atoms with Crippen LogP contribution in [0.15, 0.2) is 10.9 Å². The van der Waals surface area contributed by atoms with Gasteiger partial charge in [0.2, 0.25) is 5.82 Å². The van der Waals surface area contributed by atoms with Crippen LogP contribution in [-0.4, -0.2) is 25.1 Å². The molecule has 1 fully saturated rings. The van der Waals surface area contributed by atoms with E-state index in [0.717, 1.165) is 28.4 Å². The van der Waals surface area contributed by atoms with Crippen molar-refractivity contribution < 1.29 is 0 Å². The number of aryl methyl sites for hydroxylation is 1. The van der Waals surface area contributed by atoms with Gasteiger partial charge in [-0.3, -0.25) is 9.89 Å². The topological polar surface area (TPSA) is 87.3 Å². The zero-order valence-electron chi connectivity index (χ0n) is 10.2. The van der Waals surface area contributed by atoms with Gasteiger partial charge in [-0.25, -0.2) is 9.97 Å². The number of hydrogen-bond donors (Lipinski definition) is 2. The van der Waals surface area contributed by atoms with Crippen molar-refractivity contribution >= 4 is 21.6 Å². The van der Waals surface area contributed by atoms with Gasteiger partial charge < -0.3 is 4.98 Å². The van der Waals surface area contributed by atoms with E-state index in [9.17, 15) is 4.79 Å². The van der Waals surface area contributed by atoms with E-state index < -0.39 is 0 Å². The molecule has 6 nitrogen and oxygen atoms in total. The van der Waals surface area contributed by atoms with E-state index in [0.29, 0.717) is 23.0 Å². The van der Waals surface area contributed by atoms with Crippen LogP contribution in [0.1, 0.15) is 29.5 Å². The molecule has 0 aliphatic heterocycles. The number of nitrogens with zero attached hydrogens (tertiary/aromatic N) is 3. The van der Waals surface area contributed by atoms with E-state index in [-0.39, 0.29) is 5.56 Å². The fourth-order valence-electron chi connectivity index (χ4n) is 2.08. The molecule has 3 aromatic heterocycles. The molecule has 0 radical (unpaired) electrons.